The van der Waals surface area contributed by atoms with Crippen molar-refractivity contribution in [3.63, 3.8) is 0 Å². The molecule has 0 saturated carbocycles. The first-order chi connectivity index (χ1) is 31.2. The zero-order chi connectivity index (χ0) is 44.6. The number of benzene rings is 6. The lowest BCUT2D eigenvalue weighted by Crippen LogP contribution is -2.63. The molecule has 13 nitrogen and oxygen atoms in total. The van der Waals surface area contributed by atoms with Gasteiger partial charge in [-0.2, -0.15) is 0 Å². The minimum absolute atomic E-state index is 0.00554. The molecule has 2 aliphatic heterocycles. The van der Waals surface area contributed by atoms with Gasteiger partial charge in [-0.15, -0.1) is 0 Å². The number of nitrogens with one attached hydrogen (secondary N) is 2. The fraction of sp³-hybridized carbons (Fsp3) is 0.157. The fourth-order valence-electron chi connectivity index (χ4n) is 8.99. The van der Waals surface area contributed by atoms with E-state index in [0.717, 1.165) is 16.3 Å². The van der Waals surface area contributed by atoms with Gasteiger partial charge in [0, 0.05) is 6.20 Å². The second-order valence-electron chi connectivity index (χ2n) is 15.3. The minimum atomic E-state index is -1.92. The number of fused-ring (bicyclic) bond motifs is 1. The normalized spacial score (nSPS) is 15.6. The Bertz CT molecular complexity index is 2770. The summed E-state index contributed by atoms with van der Waals surface area (Å²) in [5.74, 6) is 0.623. The highest BCUT2D eigenvalue weighted by molar-refractivity contribution is 6.15. The van der Waals surface area contributed by atoms with Crippen LogP contribution >= 0.6 is 0 Å². The maximum atomic E-state index is 16.3. The van der Waals surface area contributed by atoms with Gasteiger partial charge in [0.1, 0.15) is 23.0 Å². The van der Waals surface area contributed by atoms with E-state index in [0.29, 0.717) is 50.9 Å². The lowest BCUT2D eigenvalue weighted by molar-refractivity contribution is -0.142. The molecular formula is C51H45N7O6. The summed E-state index contributed by atoms with van der Waals surface area (Å²) < 4.78 is 22.4. The zero-order valence-corrected chi connectivity index (χ0v) is 35.7. The van der Waals surface area contributed by atoms with Crippen molar-refractivity contribution in [1.82, 2.24) is 24.8 Å². The molecule has 0 bridgehead atoms. The van der Waals surface area contributed by atoms with Crippen molar-refractivity contribution in [2.75, 3.05) is 28.4 Å². The molecule has 2 aliphatic rings. The van der Waals surface area contributed by atoms with E-state index in [9.17, 15) is 10.8 Å². The lowest BCUT2D eigenvalue weighted by atomic mass is 9.79. The summed E-state index contributed by atoms with van der Waals surface area (Å²) in [4.78, 5) is 39.8. The highest BCUT2D eigenvalue weighted by Crippen LogP contribution is 2.53. The van der Waals surface area contributed by atoms with Gasteiger partial charge in [-0.1, -0.05) is 97.1 Å². The van der Waals surface area contributed by atoms with Crippen LogP contribution in [0.15, 0.2) is 164 Å². The average Bonchev–Trinajstić information content (AvgIpc) is 3.69. The number of ether oxygens (including phenoxy) is 4. The second-order valence-corrected chi connectivity index (χ2v) is 15.3. The maximum absolute atomic E-state index is 16.3. The molecule has 2 amide bonds. The lowest BCUT2D eigenvalue weighted by Gasteiger charge is -2.48. The van der Waals surface area contributed by atoms with Crippen molar-refractivity contribution in [2.45, 2.75) is 24.2 Å². The van der Waals surface area contributed by atoms with Crippen molar-refractivity contribution >= 4 is 34.5 Å². The number of amides is 2. The van der Waals surface area contributed by atoms with E-state index >= 15 is 9.59 Å². The Kier molecular flexibility index (Phi) is 10.7. The molecule has 64 heavy (non-hydrogen) atoms. The van der Waals surface area contributed by atoms with Crippen molar-refractivity contribution < 1.29 is 28.5 Å². The van der Waals surface area contributed by atoms with Crippen LogP contribution < -0.4 is 18.9 Å². The molecule has 0 radical (unpaired) electrons. The van der Waals surface area contributed by atoms with Gasteiger partial charge in [0.15, 0.2) is 11.1 Å². The van der Waals surface area contributed by atoms with Crippen molar-refractivity contribution in [3.05, 3.63) is 197 Å². The number of hydrazine groups is 1. The average molecular weight is 852 g/mol. The number of carbonyl (C=O) groups excluding carboxylic acids is 2. The Hall–Kier alpha value is -8.19. The predicted molar refractivity (Wildman–Crippen MR) is 242 cm³/mol. The molecule has 13 heteroatoms. The number of pyridine rings is 1. The molecule has 2 N–H and O–H groups in total. The Balaban J connectivity index is 1.38. The summed E-state index contributed by atoms with van der Waals surface area (Å²) in [6.07, 6.45) is 1.63. The molecule has 9 rings (SSSR count). The van der Waals surface area contributed by atoms with E-state index in [1.165, 1.54) is 19.8 Å². The van der Waals surface area contributed by atoms with Gasteiger partial charge in [0.25, 0.3) is 11.8 Å². The van der Waals surface area contributed by atoms with Gasteiger partial charge in [0.2, 0.25) is 11.9 Å². The van der Waals surface area contributed by atoms with Crippen molar-refractivity contribution in [1.29, 1.82) is 10.8 Å². The largest absolute Gasteiger partial charge is 0.497 e. The molecule has 0 atom stereocenters. The summed E-state index contributed by atoms with van der Waals surface area (Å²) in [6.45, 7) is -0.0929. The van der Waals surface area contributed by atoms with Crippen molar-refractivity contribution in [3.8, 4) is 23.0 Å². The molecule has 320 valence electrons. The Morgan fingerprint density at radius 1 is 0.469 bits per heavy atom. The topological polar surface area (TPSA) is 145 Å². The van der Waals surface area contributed by atoms with Crippen LogP contribution in [0.4, 0.5) is 0 Å². The van der Waals surface area contributed by atoms with Crippen LogP contribution in [0, 0.1) is 10.8 Å². The number of methoxy groups -OCH3 is 4. The quantitative estimate of drug-likeness (QED) is 0.118. The van der Waals surface area contributed by atoms with E-state index in [1.54, 1.807) is 144 Å². The number of rotatable bonds is 13. The first-order valence-electron chi connectivity index (χ1n) is 20.6. The molecule has 2 saturated heterocycles. The molecule has 0 unspecified atom stereocenters. The summed E-state index contributed by atoms with van der Waals surface area (Å²) in [5.41, 5.74) is -0.703. The maximum Gasteiger partial charge on any atom is 0.267 e. The number of nitrogens with zero attached hydrogens (tertiary/aromatic N) is 5. The van der Waals surface area contributed by atoms with Crippen LogP contribution in [-0.2, 0) is 33.8 Å². The monoisotopic (exact) mass is 851 g/mol. The number of hydrogen-bond donors (Lipinski definition) is 2. The molecular weight excluding hydrogens is 807 g/mol. The van der Waals surface area contributed by atoms with Crippen LogP contribution in [-0.4, -0.2) is 77.0 Å². The smallest absolute Gasteiger partial charge is 0.267 e. The third-order valence-electron chi connectivity index (χ3n) is 12.1. The van der Waals surface area contributed by atoms with Gasteiger partial charge >= 0.3 is 0 Å². The van der Waals surface area contributed by atoms with Gasteiger partial charge in [-0.25, -0.2) is 10.0 Å². The van der Waals surface area contributed by atoms with Crippen LogP contribution in [0.5, 0.6) is 23.0 Å². The van der Waals surface area contributed by atoms with Gasteiger partial charge in [-0.05, 0) is 99.3 Å². The zero-order valence-electron chi connectivity index (χ0n) is 35.7. The summed E-state index contributed by atoms with van der Waals surface area (Å²) in [7, 11) is 6.25. The second kappa shape index (κ2) is 16.6. The van der Waals surface area contributed by atoms with Crippen LogP contribution in [0.3, 0.4) is 0 Å². The van der Waals surface area contributed by atoms with E-state index in [4.69, 9.17) is 18.9 Å². The van der Waals surface area contributed by atoms with Crippen LogP contribution in [0.25, 0.3) is 10.8 Å². The van der Waals surface area contributed by atoms with Crippen molar-refractivity contribution in [2.24, 2.45) is 0 Å². The molecule has 0 aliphatic carbocycles. The highest BCUT2D eigenvalue weighted by atomic mass is 16.5. The predicted octanol–water partition coefficient (Wildman–Crippen LogP) is 7.93. The molecule has 1 aromatic heterocycles. The third-order valence-corrected chi connectivity index (χ3v) is 12.1. The van der Waals surface area contributed by atoms with E-state index in [-0.39, 0.29) is 25.0 Å². The molecule has 6 aromatic carbocycles. The Morgan fingerprint density at radius 2 is 0.859 bits per heavy atom. The van der Waals surface area contributed by atoms with E-state index < -0.39 is 22.9 Å². The van der Waals surface area contributed by atoms with Crippen LogP contribution in [0.2, 0.25) is 0 Å². The third kappa shape index (κ3) is 6.43. The summed E-state index contributed by atoms with van der Waals surface area (Å²) >= 11 is 0. The van der Waals surface area contributed by atoms with Crippen LogP contribution in [0.1, 0.15) is 33.5 Å². The standard InChI is InChI=1S/C51H45N7O6/c1-61-41-23-15-36(16-24-41)50(37-17-25-42(62-2)26-18-37)46(59)55(32-35-12-9-11-34-10-5-6-14-45(34)35)48(52)57(50)58-49(53)56(33-40-13-7-8-31-54-40)47(60)51(58,38-19-27-43(63-3)28-20-38)39-21-29-44(64-4)30-22-39/h5-31,52-53H,32-33H2,1-4H3. The van der Waals surface area contributed by atoms with E-state index in [2.05, 4.69) is 4.98 Å². The van der Waals surface area contributed by atoms with Gasteiger partial charge < -0.3 is 18.9 Å². The summed E-state index contributed by atoms with van der Waals surface area (Å²) in [6, 6.07) is 47.5. The number of aromatic nitrogens is 1. The first kappa shape index (κ1) is 41.2. The fourth-order valence-corrected chi connectivity index (χ4v) is 8.99. The Labute approximate surface area is 370 Å². The Morgan fingerprint density at radius 3 is 1.27 bits per heavy atom. The molecule has 3 heterocycles. The SMILES string of the molecule is COc1ccc(C2(c3ccc(OC)cc3)C(=O)N(Cc3ccccn3)C(=N)N2N2C(=N)N(Cc3cccc4ccccc34)C(=O)C2(c2ccc(OC)cc2)c2ccc(OC)cc2)cc1. The highest BCUT2D eigenvalue weighted by Gasteiger charge is 2.69. The van der Waals surface area contributed by atoms with Gasteiger partial charge in [-0.3, -0.25) is 35.2 Å². The van der Waals surface area contributed by atoms with E-state index in [1.807, 2.05) is 48.5 Å². The number of guanidine groups is 2. The molecule has 0 spiro atoms. The summed E-state index contributed by atoms with van der Waals surface area (Å²) in [5, 5.41) is 25.7. The minimum Gasteiger partial charge on any atom is -0.497 e. The van der Waals surface area contributed by atoms with Gasteiger partial charge in [0.05, 0.1) is 47.2 Å². The first-order valence-corrected chi connectivity index (χ1v) is 20.6. The molecule has 7 aromatic rings. The number of hydrogen-bond acceptors (Lipinski definition) is 9. The molecule has 2 fully saturated rings. The number of carbonyl (C=O) groups is 2.